The summed E-state index contributed by atoms with van der Waals surface area (Å²) in [5.74, 6) is 0. The van der Waals surface area contributed by atoms with E-state index in [4.69, 9.17) is 5.73 Å². The summed E-state index contributed by atoms with van der Waals surface area (Å²) in [5, 5.41) is 0. The van der Waals surface area contributed by atoms with E-state index in [2.05, 4.69) is 42.5 Å². The smallest absolute Gasteiger partial charge is 0.0219 e. The van der Waals surface area contributed by atoms with Crippen molar-refractivity contribution < 1.29 is 0 Å². The second kappa shape index (κ2) is 14.6. The van der Waals surface area contributed by atoms with Crippen LogP contribution in [0.5, 0.6) is 0 Å². The van der Waals surface area contributed by atoms with Gasteiger partial charge in [-0.25, -0.2) is 0 Å². The molecule has 2 heteroatoms. The van der Waals surface area contributed by atoms with Gasteiger partial charge in [-0.2, -0.15) is 0 Å². The van der Waals surface area contributed by atoms with Crippen molar-refractivity contribution in [1.82, 2.24) is 4.90 Å². The van der Waals surface area contributed by atoms with Crippen LogP contribution in [0, 0.1) is 0 Å². The van der Waals surface area contributed by atoms with Crippen LogP contribution in [0.15, 0.2) is 36.2 Å². The minimum Gasteiger partial charge on any atom is -0.354 e. The van der Waals surface area contributed by atoms with Crippen LogP contribution in [-0.4, -0.2) is 18.0 Å². The van der Waals surface area contributed by atoms with Crippen LogP contribution in [0.4, 0.5) is 0 Å². The number of nitrogens with two attached hydrogens (primary N) is 1. The van der Waals surface area contributed by atoms with E-state index in [1.54, 1.807) is 0 Å². The van der Waals surface area contributed by atoms with E-state index in [1.807, 2.05) is 0 Å². The SMILES string of the molecule is CCCCCCCCN1C=CC(=CCCCCCCCN)C=C1. The molecule has 1 heterocycles. The quantitative estimate of drug-likeness (QED) is 0.403. The van der Waals surface area contributed by atoms with E-state index >= 15 is 0 Å². The molecule has 0 saturated heterocycles. The fourth-order valence-electron chi connectivity index (χ4n) is 2.92. The predicted octanol–water partition coefficient (Wildman–Crippen LogP) is 5.92. The van der Waals surface area contributed by atoms with Crippen molar-refractivity contribution in [1.29, 1.82) is 0 Å². The molecule has 2 nitrogen and oxygen atoms in total. The van der Waals surface area contributed by atoms with Crippen LogP contribution in [0.2, 0.25) is 0 Å². The van der Waals surface area contributed by atoms with Crippen LogP contribution < -0.4 is 5.73 Å². The van der Waals surface area contributed by atoms with Crippen LogP contribution in [-0.2, 0) is 0 Å². The van der Waals surface area contributed by atoms with Gasteiger partial charge in [-0.3, -0.25) is 0 Å². The van der Waals surface area contributed by atoms with Gasteiger partial charge < -0.3 is 10.6 Å². The van der Waals surface area contributed by atoms with Gasteiger partial charge >= 0.3 is 0 Å². The molecule has 2 N–H and O–H groups in total. The summed E-state index contributed by atoms with van der Waals surface area (Å²) in [5.41, 5.74) is 6.87. The maximum Gasteiger partial charge on any atom is 0.0219 e. The molecule has 23 heavy (non-hydrogen) atoms. The largest absolute Gasteiger partial charge is 0.354 e. The molecule has 0 atom stereocenters. The lowest BCUT2D eigenvalue weighted by molar-refractivity contribution is 0.464. The van der Waals surface area contributed by atoms with Crippen molar-refractivity contribution >= 4 is 0 Å². The molecule has 0 aromatic heterocycles. The van der Waals surface area contributed by atoms with Gasteiger partial charge in [0.05, 0.1) is 0 Å². The molecule has 0 spiro atoms. The summed E-state index contributed by atoms with van der Waals surface area (Å²) < 4.78 is 0. The first kappa shape index (κ1) is 20.0. The predicted molar refractivity (Wildman–Crippen MR) is 103 cm³/mol. The summed E-state index contributed by atoms with van der Waals surface area (Å²) in [6.45, 7) is 4.28. The normalized spacial score (nSPS) is 13.8. The fourth-order valence-corrected chi connectivity index (χ4v) is 2.92. The van der Waals surface area contributed by atoms with Gasteiger partial charge in [-0.05, 0) is 50.0 Å². The molecule has 0 aliphatic carbocycles. The molecule has 0 saturated carbocycles. The summed E-state index contributed by atoms with van der Waals surface area (Å²) >= 11 is 0. The van der Waals surface area contributed by atoms with Gasteiger partial charge in [0.1, 0.15) is 0 Å². The Labute approximate surface area is 144 Å². The number of nitrogens with zero attached hydrogens (tertiary/aromatic N) is 1. The zero-order chi connectivity index (χ0) is 16.6. The van der Waals surface area contributed by atoms with Gasteiger partial charge in [0, 0.05) is 18.9 Å². The summed E-state index contributed by atoms with van der Waals surface area (Å²) in [7, 11) is 0. The number of hydrogen-bond donors (Lipinski definition) is 1. The average Bonchev–Trinajstić information content (AvgIpc) is 2.58. The van der Waals surface area contributed by atoms with Crippen LogP contribution in [0.3, 0.4) is 0 Å². The molecule has 0 unspecified atom stereocenters. The Hall–Kier alpha value is -1.02. The standard InChI is InChI=1S/C21H38N2/c1-2-3-4-5-10-13-18-23-19-15-21(16-20-23)14-11-8-6-7-9-12-17-22/h14-16,19-20H,2-13,17-18,22H2,1H3. The number of rotatable bonds is 14. The van der Waals surface area contributed by atoms with E-state index in [0.717, 1.165) is 13.1 Å². The Morgan fingerprint density at radius 3 is 2.13 bits per heavy atom. The van der Waals surface area contributed by atoms with Crippen molar-refractivity contribution in [2.75, 3.05) is 13.1 Å². The van der Waals surface area contributed by atoms with Crippen molar-refractivity contribution in [2.45, 2.75) is 84.0 Å². The van der Waals surface area contributed by atoms with Crippen molar-refractivity contribution in [3.63, 3.8) is 0 Å². The Kier molecular flexibility index (Phi) is 12.7. The highest BCUT2D eigenvalue weighted by atomic mass is 15.1. The monoisotopic (exact) mass is 318 g/mol. The molecular formula is C21H38N2. The lowest BCUT2D eigenvalue weighted by Crippen LogP contribution is -2.13. The van der Waals surface area contributed by atoms with Crippen LogP contribution >= 0.6 is 0 Å². The second-order valence-electron chi connectivity index (χ2n) is 6.69. The van der Waals surface area contributed by atoms with Gasteiger partial charge in [0.2, 0.25) is 0 Å². The van der Waals surface area contributed by atoms with Crippen molar-refractivity contribution in [2.24, 2.45) is 5.73 Å². The van der Waals surface area contributed by atoms with Crippen molar-refractivity contribution in [3.8, 4) is 0 Å². The Balaban J connectivity index is 2.03. The maximum atomic E-state index is 5.51. The molecule has 0 fully saturated rings. The molecule has 1 rings (SSSR count). The van der Waals surface area contributed by atoms with Gasteiger partial charge in [-0.15, -0.1) is 0 Å². The summed E-state index contributed by atoms with van der Waals surface area (Å²) in [6, 6.07) is 0. The highest BCUT2D eigenvalue weighted by Gasteiger charge is 2.00. The highest BCUT2D eigenvalue weighted by Crippen LogP contribution is 2.14. The molecule has 0 radical (unpaired) electrons. The lowest BCUT2D eigenvalue weighted by Gasteiger charge is -2.18. The molecule has 0 bridgehead atoms. The highest BCUT2D eigenvalue weighted by molar-refractivity contribution is 5.33. The van der Waals surface area contributed by atoms with Crippen LogP contribution in [0.25, 0.3) is 0 Å². The second-order valence-corrected chi connectivity index (χ2v) is 6.69. The molecule has 132 valence electrons. The third-order valence-corrected chi connectivity index (χ3v) is 4.48. The molecule has 1 aliphatic heterocycles. The zero-order valence-electron chi connectivity index (χ0n) is 15.3. The molecule has 0 aromatic carbocycles. The Morgan fingerprint density at radius 2 is 1.43 bits per heavy atom. The minimum absolute atomic E-state index is 0.842. The summed E-state index contributed by atoms with van der Waals surface area (Å²) in [6.07, 6.45) is 27.2. The van der Waals surface area contributed by atoms with E-state index < -0.39 is 0 Å². The van der Waals surface area contributed by atoms with E-state index in [0.29, 0.717) is 0 Å². The maximum absolute atomic E-state index is 5.51. The first-order valence-corrected chi connectivity index (χ1v) is 9.89. The molecule has 0 amide bonds. The third kappa shape index (κ3) is 11.2. The number of hydrogen-bond acceptors (Lipinski definition) is 2. The van der Waals surface area contributed by atoms with Crippen LogP contribution in [0.1, 0.15) is 84.0 Å². The topological polar surface area (TPSA) is 29.3 Å². The Bertz CT molecular complexity index is 339. The zero-order valence-corrected chi connectivity index (χ0v) is 15.3. The molecule has 0 aromatic rings. The van der Waals surface area contributed by atoms with Crippen molar-refractivity contribution in [3.05, 3.63) is 36.2 Å². The van der Waals surface area contributed by atoms with E-state index in [-0.39, 0.29) is 0 Å². The molecular weight excluding hydrogens is 280 g/mol. The van der Waals surface area contributed by atoms with Gasteiger partial charge in [0.25, 0.3) is 0 Å². The first-order chi connectivity index (χ1) is 11.4. The summed E-state index contributed by atoms with van der Waals surface area (Å²) in [4.78, 5) is 2.32. The third-order valence-electron chi connectivity index (χ3n) is 4.48. The van der Waals surface area contributed by atoms with E-state index in [9.17, 15) is 0 Å². The van der Waals surface area contributed by atoms with Gasteiger partial charge in [0.15, 0.2) is 0 Å². The fraction of sp³-hybridized carbons (Fsp3) is 0.714. The molecule has 1 aliphatic rings. The lowest BCUT2D eigenvalue weighted by atomic mass is 10.1. The van der Waals surface area contributed by atoms with Gasteiger partial charge in [-0.1, -0.05) is 64.4 Å². The van der Waals surface area contributed by atoms with E-state index in [1.165, 1.54) is 82.6 Å². The number of unbranched alkanes of at least 4 members (excludes halogenated alkanes) is 10. The first-order valence-electron chi connectivity index (χ1n) is 9.89. The Morgan fingerprint density at radius 1 is 0.826 bits per heavy atom. The average molecular weight is 319 g/mol. The number of allylic oxidation sites excluding steroid dienone is 4. The minimum atomic E-state index is 0.842.